The van der Waals surface area contributed by atoms with Gasteiger partial charge in [-0.1, -0.05) is 35.0 Å². The van der Waals surface area contributed by atoms with Gasteiger partial charge in [-0.2, -0.15) is 0 Å². The van der Waals surface area contributed by atoms with Crippen LogP contribution >= 0.6 is 11.6 Å². The molecule has 2 rings (SSSR count). The van der Waals surface area contributed by atoms with E-state index in [0.717, 1.165) is 5.56 Å². The second-order valence-corrected chi connectivity index (χ2v) is 4.90. The first-order chi connectivity index (χ1) is 9.49. The van der Waals surface area contributed by atoms with E-state index >= 15 is 0 Å². The Morgan fingerprint density at radius 2 is 2.15 bits per heavy atom. The first kappa shape index (κ1) is 14.5. The summed E-state index contributed by atoms with van der Waals surface area (Å²) in [6, 6.07) is 7.17. The van der Waals surface area contributed by atoms with Gasteiger partial charge in [0.15, 0.2) is 5.69 Å². The van der Waals surface area contributed by atoms with E-state index in [-0.39, 0.29) is 12.2 Å². The van der Waals surface area contributed by atoms with E-state index in [1.165, 1.54) is 4.68 Å². The van der Waals surface area contributed by atoms with Gasteiger partial charge in [-0.25, -0.2) is 9.48 Å². The predicted octanol–water partition coefficient (Wildman–Crippen LogP) is 1.60. The SMILES string of the molecule is CC(O)Cn1nnc(C(=O)O)c1Cc1ccccc1Cl. The zero-order valence-corrected chi connectivity index (χ0v) is 11.6. The molecular weight excluding hydrogens is 282 g/mol. The molecule has 0 aliphatic carbocycles. The van der Waals surface area contributed by atoms with Crippen LogP contribution in [0.15, 0.2) is 24.3 Å². The summed E-state index contributed by atoms with van der Waals surface area (Å²) < 4.78 is 1.40. The summed E-state index contributed by atoms with van der Waals surface area (Å²) in [6.45, 7) is 1.78. The van der Waals surface area contributed by atoms with Gasteiger partial charge >= 0.3 is 5.97 Å². The Hall–Kier alpha value is -1.92. The third kappa shape index (κ3) is 3.15. The highest BCUT2D eigenvalue weighted by Gasteiger charge is 2.20. The molecule has 0 saturated heterocycles. The molecule has 0 aliphatic rings. The van der Waals surface area contributed by atoms with Gasteiger partial charge in [-0.3, -0.25) is 0 Å². The topological polar surface area (TPSA) is 88.2 Å². The maximum absolute atomic E-state index is 11.2. The minimum atomic E-state index is -1.15. The molecule has 1 unspecified atom stereocenters. The third-order valence-electron chi connectivity index (χ3n) is 2.79. The molecule has 2 aromatic rings. The van der Waals surface area contributed by atoms with E-state index < -0.39 is 12.1 Å². The molecule has 0 saturated carbocycles. The first-order valence-electron chi connectivity index (χ1n) is 6.06. The monoisotopic (exact) mass is 295 g/mol. The van der Waals surface area contributed by atoms with Crippen molar-refractivity contribution in [3.8, 4) is 0 Å². The van der Waals surface area contributed by atoms with Gasteiger partial charge in [0.05, 0.1) is 18.3 Å². The van der Waals surface area contributed by atoms with E-state index in [4.69, 9.17) is 16.7 Å². The average molecular weight is 296 g/mol. The number of nitrogens with zero attached hydrogens (tertiary/aromatic N) is 3. The second kappa shape index (κ2) is 6.02. The summed E-state index contributed by atoms with van der Waals surface area (Å²) in [5.74, 6) is -1.15. The van der Waals surface area contributed by atoms with E-state index in [2.05, 4.69) is 10.3 Å². The highest BCUT2D eigenvalue weighted by Crippen LogP contribution is 2.20. The van der Waals surface area contributed by atoms with Crippen molar-refractivity contribution in [3.05, 3.63) is 46.2 Å². The first-order valence-corrected chi connectivity index (χ1v) is 6.44. The quantitative estimate of drug-likeness (QED) is 0.875. The lowest BCUT2D eigenvalue weighted by Gasteiger charge is -2.09. The number of rotatable bonds is 5. The van der Waals surface area contributed by atoms with Crippen LogP contribution in [0.4, 0.5) is 0 Å². The fourth-order valence-corrected chi connectivity index (χ4v) is 2.10. The van der Waals surface area contributed by atoms with Crippen LogP contribution < -0.4 is 0 Å². The predicted molar refractivity (Wildman–Crippen MR) is 72.9 cm³/mol. The zero-order chi connectivity index (χ0) is 14.7. The van der Waals surface area contributed by atoms with Gasteiger partial charge in [0, 0.05) is 11.4 Å². The summed E-state index contributed by atoms with van der Waals surface area (Å²) in [6.07, 6.45) is -0.357. The molecule has 2 N–H and O–H groups in total. The van der Waals surface area contributed by atoms with E-state index in [9.17, 15) is 9.90 Å². The molecule has 0 aliphatic heterocycles. The van der Waals surface area contributed by atoms with Crippen LogP contribution in [0.2, 0.25) is 5.02 Å². The largest absolute Gasteiger partial charge is 0.476 e. The van der Waals surface area contributed by atoms with Gasteiger partial charge in [0.25, 0.3) is 0 Å². The molecular formula is C13H14ClN3O3. The summed E-state index contributed by atoms with van der Waals surface area (Å²) in [4.78, 5) is 11.2. The standard InChI is InChI=1S/C13H14ClN3O3/c1-8(18)7-17-11(12(13(19)20)15-16-17)6-9-4-2-3-5-10(9)14/h2-5,8,18H,6-7H2,1H3,(H,19,20). The fourth-order valence-electron chi connectivity index (χ4n) is 1.89. The number of halogens is 1. The number of aromatic nitrogens is 3. The summed E-state index contributed by atoms with van der Waals surface area (Å²) in [5.41, 5.74) is 1.09. The lowest BCUT2D eigenvalue weighted by atomic mass is 10.1. The van der Waals surface area contributed by atoms with Crippen molar-refractivity contribution in [2.24, 2.45) is 0 Å². The normalized spacial score (nSPS) is 12.3. The lowest BCUT2D eigenvalue weighted by Crippen LogP contribution is -2.16. The van der Waals surface area contributed by atoms with E-state index in [1.807, 2.05) is 12.1 Å². The minimum Gasteiger partial charge on any atom is -0.476 e. The smallest absolute Gasteiger partial charge is 0.358 e. The molecule has 1 heterocycles. The Morgan fingerprint density at radius 3 is 2.75 bits per heavy atom. The lowest BCUT2D eigenvalue weighted by molar-refractivity contribution is 0.0689. The number of carbonyl (C=O) groups is 1. The number of aromatic carboxylic acids is 1. The van der Waals surface area contributed by atoms with Gasteiger partial charge in [-0.05, 0) is 18.6 Å². The Bertz CT molecular complexity index is 625. The Labute approximate surface area is 120 Å². The van der Waals surface area contributed by atoms with E-state index in [1.54, 1.807) is 19.1 Å². The van der Waals surface area contributed by atoms with Crippen molar-refractivity contribution in [1.29, 1.82) is 0 Å². The van der Waals surface area contributed by atoms with Crippen LogP contribution in [0.1, 0.15) is 28.7 Å². The van der Waals surface area contributed by atoms with Gasteiger partial charge in [-0.15, -0.1) is 5.10 Å². The fraction of sp³-hybridized carbons (Fsp3) is 0.308. The molecule has 0 radical (unpaired) electrons. The molecule has 106 valence electrons. The zero-order valence-electron chi connectivity index (χ0n) is 10.8. The third-order valence-corrected chi connectivity index (χ3v) is 3.16. The second-order valence-electron chi connectivity index (χ2n) is 4.49. The molecule has 1 atom stereocenters. The van der Waals surface area contributed by atoms with Crippen LogP contribution in [-0.4, -0.2) is 37.3 Å². The number of aliphatic hydroxyl groups is 1. The molecule has 1 aromatic heterocycles. The molecule has 0 bridgehead atoms. The Balaban J connectivity index is 2.40. The molecule has 0 amide bonds. The van der Waals surface area contributed by atoms with Gasteiger partial charge < -0.3 is 10.2 Å². The molecule has 6 nitrogen and oxygen atoms in total. The number of aliphatic hydroxyl groups excluding tert-OH is 1. The van der Waals surface area contributed by atoms with Gasteiger partial charge in [0.2, 0.25) is 0 Å². The average Bonchev–Trinajstić information content (AvgIpc) is 2.74. The molecule has 20 heavy (non-hydrogen) atoms. The number of carboxylic acids is 1. The van der Waals surface area contributed by atoms with Crippen molar-refractivity contribution in [2.75, 3.05) is 0 Å². The number of benzene rings is 1. The molecule has 1 aromatic carbocycles. The maximum Gasteiger partial charge on any atom is 0.358 e. The van der Waals surface area contributed by atoms with Gasteiger partial charge in [0.1, 0.15) is 0 Å². The van der Waals surface area contributed by atoms with Crippen molar-refractivity contribution >= 4 is 17.6 Å². The highest BCUT2D eigenvalue weighted by molar-refractivity contribution is 6.31. The minimum absolute atomic E-state index is 0.120. The summed E-state index contributed by atoms with van der Waals surface area (Å²) >= 11 is 6.08. The maximum atomic E-state index is 11.2. The van der Waals surface area contributed by atoms with Crippen LogP contribution in [0.3, 0.4) is 0 Å². The van der Waals surface area contributed by atoms with Crippen LogP contribution in [0.5, 0.6) is 0 Å². The van der Waals surface area contributed by atoms with Crippen molar-refractivity contribution in [2.45, 2.75) is 26.0 Å². The van der Waals surface area contributed by atoms with Crippen LogP contribution in [0, 0.1) is 0 Å². The van der Waals surface area contributed by atoms with Crippen molar-refractivity contribution < 1.29 is 15.0 Å². The Kier molecular flexibility index (Phi) is 4.36. The number of carboxylic acid groups (broad SMARTS) is 1. The Morgan fingerprint density at radius 1 is 1.45 bits per heavy atom. The summed E-state index contributed by atoms with van der Waals surface area (Å²) in [7, 11) is 0. The molecule has 0 fully saturated rings. The number of hydrogen-bond donors (Lipinski definition) is 2. The number of hydrogen-bond acceptors (Lipinski definition) is 4. The summed E-state index contributed by atoms with van der Waals surface area (Å²) in [5, 5.41) is 26.6. The highest BCUT2D eigenvalue weighted by atomic mass is 35.5. The van der Waals surface area contributed by atoms with E-state index in [0.29, 0.717) is 17.1 Å². The van der Waals surface area contributed by atoms with Crippen molar-refractivity contribution in [1.82, 2.24) is 15.0 Å². The van der Waals surface area contributed by atoms with Crippen molar-refractivity contribution in [3.63, 3.8) is 0 Å². The molecule has 7 heteroatoms. The molecule has 0 spiro atoms. The van der Waals surface area contributed by atoms with Crippen LogP contribution in [-0.2, 0) is 13.0 Å². The van der Waals surface area contributed by atoms with Crippen LogP contribution in [0.25, 0.3) is 0 Å².